The van der Waals surface area contributed by atoms with Gasteiger partial charge in [-0.1, -0.05) is 6.92 Å². The first-order valence-electron chi connectivity index (χ1n) is 6.99. The fourth-order valence-corrected chi connectivity index (χ4v) is 3.94. The molecule has 0 radical (unpaired) electrons. The number of aromatic nitrogens is 2. The SMILES string of the molecule is CCc1nn(CC)c(CC2(CCl)CCOC2C)c1Br. The van der Waals surface area contributed by atoms with Crippen molar-refractivity contribution in [3.05, 3.63) is 15.9 Å². The van der Waals surface area contributed by atoms with Gasteiger partial charge in [0.25, 0.3) is 0 Å². The molecule has 2 rings (SSSR count). The minimum atomic E-state index is 0.0437. The molecule has 0 amide bonds. The Labute approximate surface area is 128 Å². The minimum absolute atomic E-state index is 0.0437. The van der Waals surface area contributed by atoms with Crippen LogP contribution >= 0.6 is 27.5 Å². The van der Waals surface area contributed by atoms with Crippen LogP contribution in [0, 0.1) is 5.41 Å². The van der Waals surface area contributed by atoms with Crippen LogP contribution in [0.4, 0.5) is 0 Å². The molecule has 1 saturated heterocycles. The summed E-state index contributed by atoms with van der Waals surface area (Å²) in [6.07, 6.45) is 3.11. The van der Waals surface area contributed by atoms with Crippen LogP contribution < -0.4 is 0 Å². The van der Waals surface area contributed by atoms with E-state index in [1.165, 1.54) is 5.69 Å². The smallest absolute Gasteiger partial charge is 0.0766 e. The van der Waals surface area contributed by atoms with Crippen molar-refractivity contribution in [2.75, 3.05) is 12.5 Å². The molecule has 2 atom stereocenters. The third-order valence-electron chi connectivity index (χ3n) is 4.31. The fraction of sp³-hybridized carbons (Fsp3) is 0.786. The third-order valence-corrected chi connectivity index (χ3v) is 5.76. The molecule has 1 aromatic rings. The lowest BCUT2D eigenvalue weighted by Crippen LogP contribution is -2.34. The molecule has 0 N–H and O–H groups in total. The Morgan fingerprint density at radius 2 is 2.26 bits per heavy atom. The van der Waals surface area contributed by atoms with E-state index in [0.29, 0.717) is 5.88 Å². The predicted octanol–water partition coefficient (Wildman–Crippen LogP) is 3.80. The van der Waals surface area contributed by atoms with E-state index in [1.54, 1.807) is 0 Å². The van der Waals surface area contributed by atoms with E-state index in [1.807, 2.05) is 0 Å². The Morgan fingerprint density at radius 1 is 1.53 bits per heavy atom. The number of ether oxygens (including phenoxy) is 1. The molecular formula is C14H22BrClN2O. The molecule has 0 saturated carbocycles. The van der Waals surface area contributed by atoms with E-state index in [-0.39, 0.29) is 11.5 Å². The van der Waals surface area contributed by atoms with E-state index < -0.39 is 0 Å². The Bertz CT molecular complexity index is 449. The quantitative estimate of drug-likeness (QED) is 0.756. The maximum Gasteiger partial charge on any atom is 0.0766 e. The summed E-state index contributed by atoms with van der Waals surface area (Å²) in [6, 6.07) is 0. The van der Waals surface area contributed by atoms with Crippen LogP contribution in [-0.2, 0) is 24.1 Å². The second kappa shape index (κ2) is 6.15. The molecule has 2 heterocycles. The summed E-state index contributed by atoms with van der Waals surface area (Å²) in [5.41, 5.74) is 2.44. The van der Waals surface area contributed by atoms with Crippen molar-refractivity contribution in [2.24, 2.45) is 5.41 Å². The molecule has 108 valence electrons. The van der Waals surface area contributed by atoms with Crippen molar-refractivity contribution >= 4 is 27.5 Å². The van der Waals surface area contributed by atoms with Gasteiger partial charge < -0.3 is 4.74 Å². The van der Waals surface area contributed by atoms with Crippen LogP contribution in [0.2, 0.25) is 0 Å². The fourth-order valence-electron chi connectivity index (χ4n) is 2.79. The molecule has 0 aliphatic carbocycles. The van der Waals surface area contributed by atoms with Crippen LogP contribution in [0.5, 0.6) is 0 Å². The van der Waals surface area contributed by atoms with Crippen molar-refractivity contribution in [1.82, 2.24) is 9.78 Å². The number of hydrogen-bond acceptors (Lipinski definition) is 2. The van der Waals surface area contributed by atoms with E-state index in [9.17, 15) is 0 Å². The molecule has 2 unspecified atom stereocenters. The van der Waals surface area contributed by atoms with Crippen LogP contribution in [0.15, 0.2) is 4.47 Å². The van der Waals surface area contributed by atoms with Gasteiger partial charge in [-0.2, -0.15) is 5.10 Å². The average Bonchev–Trinajstić information content (AvgIpc) is 2.93. The van der Waals surface area contributed by atoms with Gasteiger partial charge in [0.1, 0.15) is 0 Å². The number of halogens is 2. The number of aryl methyl sites for hydroxylation is 2. The van der Waals surface area contributed by atoms with Crippen molar-refractivity contribution in [3.8, 4) is 0 Å². The first kappa shape index (κ1) is 15.3. The molecule has 0 bridgehead atoms. The van der Waals surface area contributed by atoms with Crippen molar-refractivity contribution in [2.45, 2.75) is 52.7 Å². The predicted molar refractivity (Wildman–Crippen MR) is 81.9 cm³/mol. The van der Waals surface area contributed by atoms with Gasteiger partial charge in [-0.05, 0) is 49.0 Å². The van der Waals surface area contributed by atoms with E-state index in [4.69, 9.17) is 16.3 Å². The Balaban J connectivity index is 2.34. The second-order valence-electron chi connectivity index (χ2n) is 5.31. The average molecular weight is 350 g/mol. The summed E-state index contributed by atoms with van der Waals surface area (Å²) in [5, 5.41) is 4.67. The zero-order chi connectivity index (χ0) is 14.0. The van der Waals surface area contributed by atoms with Crippen LogP contribution in [0.1, 0.15) is 38.6 Å². The zero-order valence-corrected chi connectivity index (χ0v) is 14.2. The molecule has 0 aromatic carbocycles. The lowest BCUT2D eigenvalue weighted by atomic mass is 9.79. The Hall–Kier alpha value is -0.0600. The van der Waals surface area contributed by atoms with Gasteiger partial charge in [0.05, 0.1) is 22.0 Å². The van der Waals surface area contributed by atoms with Gasteiger partial charge in [0.2, 0.25) is 0 Å². The van der Waals surface area contributed by atoms with E-state index in [0.717, 1.165) is 42.6 Å². The summed E-state index contributed by atoms with van der Waals surface area (Å²) in [4.78, 5) is 0. The van der Waals surface area contributed by atoms with Crippen LogP contribution in [0.25, 0.3) is 0 Å². The monoisotopic (exact) mass is 348 g/mol. The summed E-state index contributed by atoms with van der Waals surface area (Å²) < 4.78 is 9.00. The molecule has 19 heavy (non-hydrogen) atoms. The molecule has 0 spiro atoms. The van der Waals surface area contributed by atoms with Gasteiger partial charge in [0, 0.05) is 24.4 Å². The standard InChI is InChI=1S/C14H22BrClN2O/c1-4-11-13(15)12(18(5-2)17-11)8-14(9-16)6-7-19-10(14)3/h10H,4-9H2,1-3H3. The lowest BCUT2D eigenvalue weighted by Gasteiger charge is -2.30. The lowest BCUT2D eigenvalue weighted by molar-refractivity contribution is 0.0726. The first-order valence-corrected chi connectivity index (χ1v) is 8.32. The summed E-state index contributed by atoms with van der Waals surface area (Å²) in [6.45, 7) is 8.10. The number of hydrogen-bond donors (Lipinski definition) is 0. The molecule has 1 aliphatic rings. The highest BCUT2D eigenvalue weighted by molar-refractivity contribution is 9.10. The van der Waals surface area contributed by atoms with Gasteiger partial charge in [-0.25, -0.2) is 0 Å². The van der Waals surface area contributed by atoms with Crippen molar-refractivity contribution < 1.29 is 4.74 Å². The summed E-state index contributed by atoms with van der Waals surface area (Å²) in [7, 11) is 0. The van der Waals surface area contributed by atoms with Crippen LogP contribution in [0.3, 0.4) is 0 Å². The molecule has 3 nitrogen and oxygen atoms in total. The minimum Gasteiger partial charge on any atom is -0.378 e. The molecule has 1 fully saturated rings. The summed E-state index contributed by atoms with van der Waals surface area (Å²) in [5.74, 6) is 0.636. The maximum atomic E-state index is 6.27. The highest BCUT2D eigenvalue weighted by atomic mass is 79.9. The van der Waals surface area contributed by atoms with E-state index >= 15 is 0 Å². The normalized spacial score (nSPS) is 27.1. The first-order chi connectivity index (χ1) is 9.07. The highest BCUT2D eigenvalue weighted by Crippen LogP contribution is 2.41. The zero-order valence-electron chi connectivity index (χ0n) is 11.9. The maximum absolute atomic E-state index is 6.27. The van der Waals surface area contributed by atoms with E-state index in [2.05, 4.69) is 46.5 Å². The molecule has 1 aromatic heterocycles. The largest absolute Gasteiger partial charge is 0.378 e. The molecular weight excluding hydrogens is 328 g/mol. The van der Waals surface area contributed by atoms with Crippen molar-refractivity contribution in [1.29, 1.82) is 0 Å². The topological polar surface area (TPSA) is 27.1 Å². The van der Waals surface area contributed by atoms with Gasteiger partial charge in [-0.15, -0.1) is 11.6 Å². The number of rotatable bonds is 5. The summed E-state index contributed by atoms with van der Waals surface area (Å²) >= 11 is 9.99. The molecule has 5 heteroatoms. The Morgan fingerprint density at radius 3 is 2.74 bits per heavy atom. The van der Waals surface area contributed by atoms with Crippen molar-refractivity contribution in [3.63, 3.8) is 0 Å². The second-order valence-corrected chi connectivity index (χ2v) is 6.37. The highest BCUT2D eigenvalue weighted by Gasteiger charge is 2.42. The number of alkyl halides is 1. The van der Waals surface area contributed by atoms with Gasteiger partial charge in [-0.3, -0.25) is 4.68 Å². The molecule has 1 aliphatic heterocycles. The number of nitrogens with zero attached hydrogens (tertiary/aromatic N) is 2. The van der Waals surface area contributed by atoms with Gasteiger partial charge >= 0.3 is 0 Å². The van der Waals surface area contributed by atoms with Crippen LogP contribution in [-0.4, -0.2) is 28.4 Å². The Kier molecular flexibility index (Phi) is 4.96. The van der Waals surface area contributed by atoms with Gasteiger partial charge in [0.15, 0.2) is 0 Å². The third kappa shape index (κ3) is 2.72.